The van der Waals surface area contributed by atoms with E-state index in [1.165, 1.54) is 0 Å². The lowest BCUT2D eigenvalue weighted by atomic mass is 9.98. The van der Waals surface area contributed by atoms with E-state index in [0.29, 0.717) is 17.7 Å². The highest BCUT2D eigenvalue weighted by Gasteiger charge is 2.11. The molecule has 2 heteroatoms. The van der Waals surface area contributed by atoms with Crippen molar-refractivity contribution in [3.05, 3.63) is 72.3 Å². The molecule has 0 atom stereocenters. The van der Waals surface area contributed by atoms with Crippen LogP contribution in [0.2, 0.25) is 0 Å². The van der Waals surface area contributed by atoms with Gasteiger partial charge in [-0.25, -0.2) is 0 Å². The molecule has 0 bridgehead atoms. The van der Waals surface area contributed by atoms with Gasteiger partial charge in [0.2, 0.25) is 0 Å². The molecule has 0 aliphatic rings. The van der Waals surface area contributed by atoms with E-state index in [-0.39, 0.29) is 5.78 Å². The van der Waals surface area contributed by atoms with Gasteiger partial charge in [-0.1, -0.05) is 43.8 Å². The molecule has 0 saturated heterocycles. The molecule has 102 valence electrons. The zero-order valence-electron chi connectivity index (χ0n) is 11.6. The van der Waals surface area contributed by atoms with Crippen LogP contribution in [0.1, 0.15) is 29.3 Å². The molecule has 0 radical (unpaired) electrons. The molecular formula is C18H18O2. The second-order valence-corrected chi connectivity index (χ2v) is 4.55. The minimum atomic E-state index is -0.0572. The summed E-state index contributed by atoms with van der Waals surface area (Å²) in [6.45, 7) is 6.63. The fourth-order valence-corrected chi connectivity index (χ4v) is 1.87. The molecular weight excluding hydrogens is 248 g/mol. The van der Waals surface area contributed by atoms with E-state index >= 15 is 0 Å². The van der Waals surface area contributed by atoms with Crippen LogP contribution in [0.3, 0.4) is 0 Å². The van der Waals surface area contributed by atoms with Crippen LogP contribution in [0.4, 0.5) is 0 Å². The number of rotatable bonds is 6. The number of benzene rings is 2. The Kier molecular flexibility index (Phi) is 4.72. The molecule has 0 aromatic heterocycles. The SMILES string of the molecule is C=C(C(=O)c1ccc(OCCC)cc1)c1ccccc1. The summed E-state index contributed by atoms with van der Waals surface area (Å²) in [4.78, 5) is 12.3. The van der Waals surface area contributed by atoms with Crippen molar-refractivity contribution in [3.8, 4) is 5.75 Å². The molecule has 2 aromatic carbocycles. The molecule has 0 N–H and O–H groups in total. The van der Waals surface area contributed by atoms with Crippen LogP contribution < -0.4 is 4.74 Å². The van der Waals surface area contributed by atoms with Crippen molar-refractivity contribution in [3.63, 3.8) is 0 Å². The highest BCUT2D eigenvalue weighted by Crippen LogP contribution is 2.20. The van der Waals surface area contributed by atoms with Crippen LogP contribution in [0.15, 0.2) is 61.2 Å². The summed E-state index contributed by atoms with van der Waals surface area (Å²) in [6.07, 6.45) is 0.964. The van der Waals surface area contributed by atoms with Gasteiger partial charge < -0.3 is 4.74 Å². The number of allylic oxidation sites excluding steroid dienone is 1. The van der Waals surface area contributed by atoms with Gasteiger partial charge in [0.15, 0.2) is 5.78 Å². The van der Waals surface area contributed by atoms with Gasteiger partial charge in [-0.3, -0.25) is 4.79 Å². The van der Waals surface area contributed by atoms with Crippen molar-refractivity contribution in [2.24, 2.45) is 0 Å². The Morgan fingerprint density at radius 2 is 1.65 bits per heavy atom. The largest absolute Gasteiger partial charge is 0.494 e. The topological polar surface area (TPSA) is 26.3 Å². The summed E-state index contributed by atoms with van der Waals surface area (Å²) in [6, 6.07) is 16.7. The average Bonchev–Trinajstić information content (AvgIpc) is 2.53. The Morgan fingerprint density at radius 1 is 1.00 bits per heavy atom. The summed E-state index contributed by atoms with van der Waals surface area (Å²) in [7, 11) is 0. The molecule has 0 heterocycles. The van der Waals surface area contributed by atoms with Gasteiger partial charge in [0.05, 0.1) is 6.61 Å². The maximum Gasteiger partial charge on any atom is 0.193 e. The number of carbonyl (C=O) groups excluding carboxylic acids is 1. The second kappa shape index (κ2) is 6.71. The third kappa shape index (κ3) is 3.35. The van der Waals surface area contributed by atoms with Gasteiger partial charge in [-0.15, -0.1) is 0 Å². The normalized spacial score (nSPS) is 10.1. The van der Waals surface area contributed by atoms with Gasteiger partial charge in [-0.05, 0) is 36.2 Å². The molecule has 0 aliphatic carbocycles. The van der Waals surface area contributed by atoms with E-state index in [2.05, 4.69) is 13.5 Å². The van der Waals surface area contributed by atoms with Crippen LogP contribution in [0.5, 0.6) is 5.75 Å². The van der Waals surface area contributed by atoms with Crippen LogP contribution in [0.25, 0.3) is 5.57 Å². The smallest absolute Gasteiger partial charge is 0.193 e. The van der Waals surface area contributed by atoms with E-state index in [1.807, 2.05) is 42.5 Å². The molecule has 0 fully saturated rings. The maximum absolute atomic E-state index is 12.3. The molecule has 0 amide bonds. The first kappa shape index (κ1) is 14.1. The predicted octanol–water partition coefficient (Wildman–Crippen LogP) is 4.37. The lowest BCUT2D eigenvalue weighted by molar-refractivity contribution is 0.105. The highest BCUT2D eigenvalue weighted by atomic mass is 16.5. The Morgan fingerprint density at radius 3 is 2.25 bits per heavy atom. The minimum absolute atomic E-state index is 0.0572. The lowest BCUT2D eigenvalue weighted by Crippen LogP contribution is -2.02. The number of carbonyl (C=O) groups is 1. The fraction of sp³-hybridized carbons (Fsp3) is 0.167. The van der Waals surface area contributed by atoms with Crippen molar-refractivity contribution < 1.29 is 9.53 Å². The molecule has 2 nitrogen and oxygen atoms in total. The first-order chi connectivity index (χ1) is 9.72. The standard InChI is InChI=1S/C18H18O2/c1-3-13-20-17-11-9-16(10-12-17)18(19)14(2)15-7-5-4-6-8-15/h4-12H,2-3,13H2,1H3. The van der Waals surface area contributed by atoms with Crippen LogP contribution in [-0.2, 0) is 0 Å². The number of hydrogen-bond donors (Lipinski definition) is 0. The first-order valence-electron chi connectivity index (χ1n) is 6.74. The maximum atomic E-state index is 12.3. The van der Waals surface area contributed by atoms with Crippen molar-refractivity contribution in [1.82, 2.24) is 0 Å². The molecule has 0 unspecified atom stereocenters. The third-order valence-corrected chi connectivity index (χ3v) is 2.99. The Hall–Kier alpha value is -2.35. The van der Waals surface area contributed by atoms with Crippen molar-refractivity contribution >= 4 is 11.4 Å². The summed E-state index contributed by atoms with van der Waals surface area (Å²) in [5.41, 5.74) is 1.99. The molecule has 2 aromatic rings. The van der Waals surface area contributed by atoms with E-state index in [0.717, 1.165) is 17.7 Å². The third-order valence-electron chi connectivity index (χ3n) is 2.99. The second-order valence-electron chi connectivity index (χ2n) is 4.55. The van der Waals surface area contributed by atoms with Gasteiger partial charge in [0, 0.05) is 11.1 Å². The van der Waals surface area contributed by atoms with Gasteiger partial charge in [0.1, 0.15) is 5.75 Å². The van der Waals surface area contributed by atoms with Crippen molar-refractivity contribution in [2.75, 3.05) is 6.61 Å². The number of Topliss-reactive ketones (excluding diaryl/α,β-unsaturated/α-hetero) is 1. The molecule has 0 spiro atoms. The fourth-order valence-electron chi connectivity index (χ4n) is 1.87. The van der Waals surface area contributed by atoms with Crippen LogP contribution >= 0.6 is 0 Å². The zero-order chi connectivity index (χ0) is 14.4. The highest BCUT2D eigenvalue weighted by molar-refractivity contribution is 6.28. The van der Waals surface area contributed by atoms with Gasteiger partial charge in [0.25, 0.3) is 0 Å². The van der Waals surface area contributed by atoms with E-state index < -0.39 is 0 Å². The van der Waals surface area contributed by atoms with E-state index in [4.69, 9.17) is 4.74 Å². The zero-order valence-corrected chi connectivity index (χ0v) is 11.6. The monoisotopic (exact) mass is 266 g/mol. The summed E-state index contributed by atoms with van der Waals surface area (Å²) in [5, 5.41) is 0. The van der Waals surface area contributed by atoms with Crippen molar-refractivity contribution in [2.45, 2.75) is 13.3 Å². The van der Waals surface area contributed by atoms with E-state index in [9.17, 15) is 4.79 Å². The van der Waals surface area contributed by atoms with Gasteiger partial charge in [-0.2, -0.15) is 0 Å². The van der Waals surface area contributed by atoms with Crippen LogP contribution in [0, 0.1) is 0 Å². The van der Waals surface area contributed by atoms with Gasteiger partial charge >= 0.3 is 0 Å². The molecule has 0 saturated carbocycles. The molecule has 20 heavy (non-hydrogen) atoms. The Labute approximate surface area is 119 Å². The summed E-state index contributed by atoms with van der Waals surface area (Å²) < 4.78 is 5.50. The number of ketones is 1. The summed E-state index contributed by atoms with van der Waals surface area (Å²) in [5.74, 6) is 0.729. The minimum Gasteiger partial charge on any atom is -0.494 e. The van der Waals surface area contributed by atoms with Crippen molar-refractivity contribution in [1.29, 1.82) is 0 Å². The molecule has 0 aliphatic heterocycles. The van der Waals surface area contributed by atoms with E-state index in [1.54, 1.807) is 12.1 Å². The number of ether oxygens (including phenoxy) is 1. The Bertz CT molecular complexity index is 583. The average molecular weight is 266 g/mol. The molecule has 2 rings (SSSR count). The van der Waals surface area contributed by atoms with Crippen LogP contribution in [-0.4, -0.2) is 12.4 Å². The lowest BCUT2D eigenvalue weighted by Gasteiger charge is -2.07. The number of hydrogen-bond acceptors (Lipinski definition) is 2. The quantitative estimate of drug-likeness (QED) is 0.573. The first-order valence-corrected chi connectivity index (χ1v) is 6.74. The predicted molar refractivity (Wildman–Crippen MR) is 82.0 cm³/mol. The summed E-state index contributed by atoms with van der Waals surface area (Å²) >= 11 is 0. The Balaban J connectivity index is 2.11.